The van der Waals surface area contributed by atoms with Crippen molar-refractivity contribution in [1.82, 2.24) is 0 Å². The topological polar surface area (TPSA) is 52.6 Å². The second kappa shape index (κ2) is 7.52. The van der Waals surface area contributed by atoms with Gasteiger partial charge >= 0.3 is 11.9 Å². The summed E-state index contributed by atoms with van der Waals surface area (Å²) < 4.78 is 9.66. The van der Waals surface area contributed by atoms with E-state index in [0.29, 0.717) is 12.0 Å². The van der Waals surface area contributed by atoms with Crippen molar-refractivity contribution in [2.24, 2.45) is 0 Å². The van der Waals surface area contributed by atoms with E-state index in [4.69, 9.17) is 32.7 Å². The fraction of sp³-hybridized carbons (Fsp3) is 0.600. The number of esters is 2. The molecule has 0 aliphatic rings. The summed E-state index contributed by atoms with van der Waals surface area (Å²) in [6, 6.07) is 0. The minimum Gasteiger partial charge on any atom is -0.464 e. The van der Waals surface area contributed by atoms with Crippen LogP contribution in [-0.2, 0) is 19.1 Å². The van der Waals surface area contributed by atoms with Gasteiger partial charge in [-0.3, -0.25) is 0 Å². The number of carbonyl (C=O) groups is 2. The molecule has 0 radical (unpaired) electrons. The number of carbonyl (C=O) groups excluding carboxylic acids is 2. The predicted octanol–water partition coefficient (Wildman–Crippen LogP) is 2.23. The Morgan fingerprint density at radius 3 is 2.38 bits per heavy atom. The van der Waals surface area contributed by atoms with Crippen molar-refractivity contribution in [3.05, 3.63) is 12.2 Å². The Morgan fingerprint density at radius 1 is 1.38 bits per heavy atom. The van der Waals surface area contributed by atoms with E-state index in [0.717, 1.165) is 0 Å². The third-order valence-electron chi connectivity index (χ3n) is 1.60. The lowest BCUT2D eigenvalue weighted by Crippen LogP contribution is -2.20. The Morgan fingerprint density at radius 2 is 1.94 bits per heavy atom. The normalized spacial score (nSPS) is 12.1. The molecule has 92 valence electrons. The van der Waals surface area contributed by atoms with E-state index in [1.54, 1.807) is 13.8 Å². The predicted molar refractivity (Wildman–Crippen MR) is 61.4 cm³/mol. The quantitative estimate of drug-likeness (QED) is 0.421. The highest BCUT2D eigenvalue weighted by atomic mass is 35.5. The van der Waals surface area contributed by atoms with Crippen LogP contribution in [0.4, 0.5) is 0 Å². The maximum absolute atomic E-state index is 11.1. The Balaban J connectivity index is 3.74. The van der Waals surface area contributed by atoms with E-state index < -0.39 is 16.8 Å². The maximum Gasteiger partial charge on any atom is 0.339 e. The second-order valence-electron chi connectivity index (χ2n) is 3.25. The van der Waals surface area contributed by atoms with Gasteiger partial charge in [-0.2, -0.15) is 0 Å². The molecule has 0 bridgehead atoms. The molecule has 1 unspecified atom stereocenters. The van der Waals surface area contributed by atoms with Crippen LogP contribution in [0.5, 0.6) is 0 Å². The number of alkyl halides is 2. The van der Waals surface area contributed by atoms with Gasteiger partial charge in [0.15, 0.2) is 0 Å². The number of ether oxygens (including phenoxy) is 2. The van der Waals surface area contributed by atoms with Crippen LogP contribution in [0.25, 0.3) is 0 Å². The van der Waals surface area contributed by atoms with Crippen LogP contribution >= 0.6 is 23.2 Å². The molecule has 0 aromatic rings. The summed E-state index contributed by atoms with van der Waals surface area (Å²) in [7, 11) is 0. The summed E-state index contributed by atoms with van der Waals surface area (Å²) in [5.41, 5.74) is 0.324. The van der Waals surface area contributed by atoms with Crippen LogP contribution < -0.4 is 0 Å². The fourth-order valence-electron chi connectivity index (χ4n) is 0.731. The summed E-state index contributed by atoms with van der Waals surface area (Å²) in [6.45, 7) is 6.79. The number of halogens is 2. The van der Waals surface area contributed by atoms with E-state index >= 15 is 0 Å². The first-order valence-corrected chi connectivity index (χ1v) is 5.53. The second-order valence-corrected chi connectivity index (χ2v) is 4.35. The van der Waals surface area contributed by atoms with Gasteiger partial charge < -0.3 is 9.47 Å². The van der Waals surface area contributed by atoms with E-state index in [1.807, 2.05) is 0 Å². The van der Waals surface area contributed by atoms with Gasteiger partial charge in [-0.05, 0) is 13.8 Å². The molecule has 0 aromatic carbocycles. The zero-order chi connectivity index (χ0) is 12.7. The molecule has 4 nitrogen and oxygen atoms in total. The van der Waals surface area contributed by atoms with Gasteiger partial charge in [0.05, 0.1) is 6.61 Å². The van der Waals surface area contributed by atoms with Crippen LogP contribution in [0, 0.1) is 0 Å². The lowest BCUT2D eigenvalue weighted by atomic mass is 10.3. The summed E-state index contributed by atoms with van der Waals surface area (Å²) in [5.74, 6) is -1.17. The van der Waals surface area contributed by atoms with Crippen molar-refractivity contribution >= 4 is 35.1 Å². The third-order valence-corrected chi connectivity index (χ3v) is 1.96. The van der Waals surface area contributed by atoms with Crippen molar-refractivity contribution in [2.75, 3.05) is 6.61 Å². The summed E-state index contributed by atoms with van der Waals surface area (Å²) in [5, 5.41) is 0. The van der Waals surface area contributed by atoms with E-state index in [9.17, 15) is 9.59 Å². The summed E-state index contributed by atoms with van der Waals surface area (Å²) in [4.78, 5) is 20.7. The Bertz CT molecular complexity index is 276. The third kappa shape index (κ3) is 6.69. The molecule has 0 amide bonds. The van der Waals surface area contributed by atoms with Gasteiger partial charge in [0, 0.05) is 12.0 Å². The molecule has 0 rings (SSSR count). The zero-order valence-corrected chi connectivity index (χ0v) is 10.7. The van der Waals surface area contributed by atoms with Gasteiger partial charge in [0.2, 0.25) is 4.84 Å². The van der Waals surface area contributed by atoms with Crippen molar-refractivity contribution in [3.63, 3.8) is 0 Å². The van der Waals surface area contributed by atoms with Gasteiger partial charge in [-0.15, -0.1) is 0 Å². The van der Waals surface area contributed by atoms with Crippen molar-refractivity contribution in [1.29, 1.82) is 0 Å². The van der Waals surface area contributed by atoms with Crippen LogP contribution in [0.2, 0.25) is 0 Å². The largest absolute Gasteiger partial charge is 0.464 e. The van der Waals surface area contributed by atoms with E-state index in [1.165, 1.54) is 0 Å². The highest BCUT2D eigenvalue weighted by Crippen LogP contribution is 2.06. The molecule has 0 spiro atoms. The van der Waals surface area contributed by atoms with Gasteiger partial charge in [-0.1, -0.05) is 29.8 Å². The summed E-state index contributed by atoms with van der Waals surface area (Å²) in [6.07, 6.45) is 0.0201. The van der Waals surface area contributed by atoms with E-state index in [2.05, 4.69) is 6.58 Å². The number of hydrogen-bond acceptors (Lipinski definition) is 4. The molecule has 0 saturated heterocycles. The average Bonchev–Trinajstić information content (AvgIpc) is 2.16. The van der Waals surface area contributed by atoms with Gasteiger partial charge in [0.1, 0.15) is 6.10 Å². The standard InChI is InChI=1S/C10H14Cl2O4/c1-6(2)9(13)16-7(3)4-5-15-10(14)8(11)12/h7-8H,1,4-5H2,2-3H3. The van der Waals surface area contributed by atoms with Crippen molar-refractivity contribution in [2.45, 2.75) is 31.2 Å². The zero-order valence-electron chi connectivity index (χ0n) is 9.16. The first-order valence-electron chi connectivity index (χ1n) is 4.66. The Hall–Kier alpha value is -0.740. The molecule has 16 heavy (non-hydrogen) atoms. The fourth-order valence-corrected chi connectivity index (χ4v) is 0.857. The molecule has 0 fully saturated rings. The molecule has 6 heteroatoms. The Labute approximate surface area is 104 Å². The average molecular weight is 269 g/mol. The van der Waals surface area contributed by atoms with Gasteiger partial charge in [0.25, 0.3) is 0 Å². The van der Waals surface area contributed by atoms with Crippen LogP contribution in [0.3, 0.4) is 0 Å². The smallest absolute Gasteiger partial charge is 0.339 e. The molecule has 0 aromatic heterocycles. The lowest BCUT2D eigenvalue weighted by Gasteiger charge is -2.13. The lowest BCUT2D eigenvalue weighted by molar-refractivity contribution is -0.146. The molecular formula is C10H14Cl2O4. The SMILES string of the molecule is C=C(C)C(=O)OC(C)CCOC(=O)C(Cl)Cl. The Kier molecular flexibility index (Phi) is 7.17. The number of hydrogen-bond donors (Lipinski definition) is 0. The van der Waals surface area contributed by atoms with Crippen LogP contribution in [0.15, 0.2) is 12.2 Å². The molecule has 0 heterocycles. The molecule has 0 aliphatic carbocycles. The molecule has 0 aliphatic heterocycles. The monoisotopic (exact) mass is 268 g/mol. The molecule has 0 saturated carbocycles. The summed E-state index contributed by atoms with van der Waals surface area (Å²) >= 11 is 10.5. The maximum atomic E-state index is 11.1. The number of rotatable bonds is 6. The highest BCUT2D eigenvalue weighted by Gasteiger charge is 2.14. The van der Waals surface area contributed by atoms with Crippen LogP contribution in [0.1, 0.15) is 20.3 Å². The van der Waals surface area contributed by atoms with Crippen molar-refractivity contribution in [3.8, 4) is 0 Å². The highest BCUT2D eigenvalue weighted by molar-refractivity contribution is 6.52. The molecule has 0 N–H and O–H groups in total. The minimum atomic E-state index is -1.19. The first kappa shape index (κ1) is 15.3. The molecular weight excluding hydrogens is 255 g/mol. The van der Waals surface area contributed by atoms with Crippen molar-refractivity contribution < 1.29 is 19.1 Å². The molecule has 1 atom stereocenters. The van der Waals surface area contributed by atoms with Gasteiger partial charge in [-0.25, -0.2) is 9.59 Å². The van der Waals surface area contributed by atoms with Crippen LogP contribution in [-0.4, -0.2) is 29.5 Å². The minimum absolute atomic E-state index is 0.0966. The van der Waals surface area contributed by atoms with E-state index in [-0.39, 0.29) is 12.7 Å². The first-order chi connectivity index (χ1) is 7.34.